The number of halogens is 4. The van der Waals surface area contributed by atoms with Crippen molar-refractivity contribution in [1.29, 1.82) is 0 Å². The highest BCUT2D eigenvalue weighted by atomic mass is 35.5. The third-order valence-electron chi connectivity index (χ3n) is 7.13. The summed E-state index contributed by atoms with van der Waals surface area (Å²) in [6.07, 6.45) is -1.26. The number of aromatic nitrogens is 2. The first-order valence-electron chi connectivity index (χ1n) is 13.3. The van der Waals surface area contributed by atoms with Gasteiger partial charge in [0.2, 0.25) is 5.91 Å². The lowest BCUT2D eigenvalue weighted by molar-refractivity contribution is -0.137. The van der Waals surface area contributed by atoms with E-state index in [0.29, 0.717) is 48.5 Å². The highest BCUT2D eigenvalue weighted by Gasteiger charge is 2.35. The van der Waals surface area contributed by atoms with E-state index in [1.54, 1.807) is 17.2 Å². The lowest BCUT2D eigenvalue weighted by Gasteiger charge is -2.32. The van der Waals surface area contributed by atoms with Crippen molar-refractivity contribution in [3.63, 3.8) is 0 Å². The second-order valence-corrected chi connectivity index (χ2v) is 9.97. The maximum absolute atomic E-state index is 14.2. The van der Waals surface area contributed by atoms with Crippen molar-refractivity contribution in [2.75, 3.05) is 41.7 Å². The van der Waals surface area contributed by atoms with Crippen LogP contribution in [0.1, 0.15) is 12.5 Å². The van der Waals surface area contributed by atoms with Crippen molar-refractivity contribution >= 4 is 62.9 Å². The molecule has 1 amide bonds. The molecule has 1 aliphatic heterocycles. The van der Waals surface area contributed by atoms with Gasteiger partial charge in [0.15, 0.2) is 0 Å². The number of hydrogen-bond acceptors (Lipinski definition) is 6. The molecule has 0 unspecified atom stereocenters. The van der Waals surface area contributed by atoms with E-state index in [0.717, 1.165) is 28.1 Å². The zero-order valence-corrected chi connectivity index (χ0v) is 23.4. The number of alkyl halides is 3. The minimum atomic E-state index is -4.55. The Morgan fingerprint density at radius 1 is 0.905 bits per heavy atom. The Kier molecular flexibility index (Phi) is 8.20. The molecule has 11 heteroatoms. The van der Waals surface area contributed by atoms with Crippen LogP contribution in [0.25, 0.3) is 32.9 Å². The van der Waals surface area contributed by atoms with Gasteiger partial charge >= 0.3 is 6.18 Å². The van der Waals surface area contributed by atoms with Crippen LogP contribution in [0.4, 0.5) is 35.9 Å². The number of amides is 1. The number of carbonyl (C=O) groups excluding carboxylic acids is 1. The van der Waals surface area contributed by atoms with E-state index in [1.165, 1.54) is 19.2 Å². The topological polar surface area (TPSA) is 82.2 Å². The minimum Gasteiger partial charge on any atom is -0.368 e. The van der Waals surface area contributed by atoms with Gasteiger partial charge < -0.3 is 20.9 Å². The quantitative estimate of drug-likeness (QED) is 0.204. The number of nitrogens with one attached hydrogen (secondary N) is 3. The first-order chi connectivity index (χ1) is 19.8. The smallest absolute Gasteiger partial charge is 0.368 e. The first-order valence-corrected chi connectivity index (χ1v) is 13.3. The van der Waals surface area contributed by atoms with Crippen LogP contribution in [-0.4, -0.2) is 42.1 Å². The molecule has 3 aromatic carbocycles. The second kappa shape index (κ2) is 11.8. The molecule has 0 saturated carbocycles. The molecule has 216 valence electrons. The van der Waals surface area contributed by atoms with E-state index >= 15 is 0 Å². The van der Waals surface area contributed by atoms with Crippen LogP contribution in [0.5, 0.6) is 0 Å². The molecule has 3 N–H and O–H groups in total. The number of carbonyl (C=O) groups is 1. The van der Waals surface area contributed by atoms with Gasteiger partial charge in [-0.05, 0) is 48.0 Å². The van der Waals surface area contributed by atoms with E-state index in [-0.39, 0.29) is 29.7 Å². The molecule has 1 saturated heterocycles. The third-order valence-corrected chi connectivity index (χ3v) is 7.13. The molecule has 6 rings (SSSR count). The zero-order valence-electron chi connectivity index (χ0n) is 22.6. The van der Waals surface area contributed by atoms with Crippen molar-refractivity contribution in [2.24, 2.45) is 0 Å². The van der Waals surface area contributed by atoms with Crippen LogP contribution in [0, 0.1) is 0 Å². The Bertz CT molecular complexity index is 1770. The van der Waals surface area contributed by atoms with E-state index in [2.05, 4.69) is 25.9 Å². The van der Waals surface area contributed by atoms with Gasteiger partial charge in [0.1, 0.15) is 0 Å². The number of para-hydroxylation sites is 1. The molecule has 3 heterocycles. The van der Waals surface area contributed by atoms with Gasteiger partial charge in [0, 0.05) is 67.0 Å². The van der Waals surface area contributed by atoms with Gasteiger partial charge in [-0.3, -0.25) is 14.8 Å². The number of piperazine rings is 1. The summed E-state index contributed by atoms with van der Waals surface area (Å²) in [5.41, 5.74) is 3.71. The number of fused-ring (bicyclic) bond motifs is 2. The number of benzene rings is 3. The van der Waals surface area contributed by atoms with Crippen LogP contribution < -0.4 is 20.9 Å². The molecule has 0 bridgehead atoms. The summed E-state index contributed by atoms with van der Waals surface area (Å²) in [4.78, 5) is 22.8. The monoisotopic (exact) mass is 592 g/mol. The Balaban J connectivity index is 0.00000353. The summed E-state index contributed by atoms with van der Waals surface area (Å²) in [6.45, 7) is 3.59. The number of rotatable bonds is 5. The lowest BCUT2D eigenvalue weighted by atomic mass is 10.0. The van der Waals surface area contributed by atoms with Crippen LogP contribution >= 0.6 is 12.4 Å². The highest BCUT2D eigenvalue weighted by Crippen LogP contribution is 2.41. The van der Waals surface area contributed by atoms with E-state index in [1.807, 2.05) is 48.5 Å². The maximum Gasteiger partial charge on any atom is 0.418 e. The molecule has 0 atom stereocenters. The number of hydrogen-bond donors (Lipinski definition) is 3. The van der Waals surface area contributed by atoms with E-state index in [9.17, 15) is 18.0 Å². The van der Waals surface area contributed by atoms with Crippen molar-refractivity contribution in [3.8, 4) is 11.1 Å². The average Bonchev–Trinajstić information content (AvgIpc) is 2.97. The summed E-state index contributed by atoms with van der Waals surface area (Å²) in [7, 11) is 0. The van der Waals surface area contributed by atoms with Gasteiger partial charge in [0.05, 0.1) is 34.2 Å². The fraction of sp³-hybridized carbons (Fsp3) is 0.194. The molecule has 1 fully saturated rings. The third kappa shape index (κ3) is 5.95. The van der Waals surface area contributed by atoms with Crippen LogP contribution in [0.15, 0.2) is 79.1 Å². The predicted molar refractivity (Wildman–Crippen MR) is 164 cm³/mol. The molecule has 1 aliphatic rings. The molecule has 0 radical (unpaired) electrons. The van der Waals surface area contributed by atoms with Crippen LogP contribution in [0.2, 0.25) is 0 Å². The Morgan fingerprint density at radius 3 is 2.43 bits per heavy atom. The van der Waals surface area contributed by atoms with Crippen LogP contribution in [0.3, 0.4) is 0 Å². The fourth-order valence-corrected chi connectivity index (χ4v) is 5.19. The molecular weight excluding hydrogens is 565 g/mol. The summed E-state index contributed by atoms with van der Waals surface area (Å²) in [5.74, 6) is -0.325. The Hall–Kier alpha value is -4.41. The van der Waals surface area contributed by atoms with Gasteiger partial charge in [-0.1, -0.05) is 24.3 Å². The number of anilines is 4. The zero-order chi connectivity index (χ0) is 28.6. The van der Waals surface area contributed by atoms with Gasteiger partial charge in [-0.2, -0.15) is 13.2 Å². The van der Waals surface area contributed by atoms with Gasteiger partial charge in [0.25, 0.3) is 0 Å². The van der Waals surface area contributed by atoms with Gasteiger partial charge in [-0.15, -0.1) is 12.4 Å². The van der Waals surface area contributed by atoms with Crippen molar-refractivity contribution in [3.05, 3.63) is 84.7 Å². The Morgan fingerprint density at radius 2 is 1.67 bits per heavy atom. The highest BCUT2D eigenvalue weighted by molar-refractivity contribution is 6.05. The molecule has 2 aromatic heterocycles. The Labute approximate surface area is 246 Å². The second-order valence-electron chi connectivity index (χ2n) is 9.97. The fourth-order valence-electron chi connectivity index (χ4n) is 5.19. The SMILES string of the molecule is CC(=O)Nc1cnc2ccc(-c3cnc4ccccc4c3)cc2c1Nc1ccc(N2CCNCC2)c(C(F)(F)F)c1.Cl. The van der Waals surface area contributed by atoms with E-state index in [4.69, 9.17) is 0 Å². The average molecular weight is 593 g/mol. The lowest BCUT2D eigenvalue weighted by Crippen LogP contribution is -2.44. The largest absolute Gasteiger partial charge is 0.418 e. The molecule has 0 spiro atoms. The normalized spacial score (nSPS) is 13.6. The van der Waals surface area contributed by atoms with Crippen molar-refractivity contribution in [1.82, 2.24) is 15.3 Å². The molecule has 0 aliphatic carbocycles. The minimum absolute atomic E-state index is 0. The molecule has 42 heavy (non-hydrogen) atoms. The predicted octanol–water partition coefficient (Wildman–Crippen LogP) is 7.00. The van der Waals surface area contributed by atoms with Crippen LogP contribution in [-0.2, 0) is 11.0 Å². The van der Waals surface area contributed by atoms with E-state index < -0.39 is 11.7 Å². The standard InChI is InChI=1S/C31H27F3N6O.ClH/c1-19(41)38-28-18-37-27-8-6-20(22-14-21-4-2-3-5-26(21)36-17-22)15-24(27)30(28)39-23-7-9-29(25(16-23)31(32,33)34)40-12-10-35-11-13-40;/h2-9,14-18,35H,10-13H2,1H3,(H,37,39)(H,38,41);1H. The number of nitrogens with zero attached hydrogens (tertiary/aromatic N) is 3. The maximum atomic E-state index is 14.2. The van der Waals surface area contributed by atoms with Gasteiger partial charge in [-0.25, -0.2) is 0 Å². The van der Waals surface area contributed by atoms with Crippen molar-refractivity contribution < 1.29 is 18.0 Å². The summed E-state index contributed by atoms with van der Waals surface area (Å²) < 4.78 is 42.7. The van der Waals surface area contributed by atoms with Crippen molar-refractivity contribution in [2.45, 2.75) is 13.1 Å². The molecule has 7 nitrogen and oxygen atoms in total. The molecule has 5 aromatic rings. The summed E-state index contributed by atoms with van der Waals surface area (Å²) in [6, 6.07) is 19.8. The summed E-state index contributed by atoms with van der Waals surface area (Å²) >= 11 is 0. The summed E-state index contributed by atoms with van der Waals surface area (Å²) in [5, 5.41) is 10.7. The first kappa shape index (κ1) is 29.1. The number of pyridine rings is 2. The molecular formula is C31H28ClF3N6O.